The van der Waals surface area contributed by atoms with Crippen LogP contribution in [-0.2, 0) is 6.42 Å². The lowest BCUT2D eigenvalue weighted by atomic mass is 10.3. The van der Waals surface area contributed by atoms with E-state index in [0.717, 1.165) is 0 Å². The predicted molar refractivity (Wildman–Crippen MR) is 53.3 cm³/mol. The second-order valence-electron chi connectivity index (χ2n) is 2.76. The Labute approximate surface area is 81.7 Å². The van der Waals surface area contributed by atoms with Gasteiger partial charge in [0.1, 0.15) is 0 Å². The Balaban J connectivity index is 2.96. The van der Waals surface area contributed by atoms with E-state index < -0.39 is 5.82 Å². The normalized spacial score (nSPS) is 10.2. The first-order chi connectivity index (χ1) is 6.69. The summed E-state index contributed by atoms with van der Waals surface area (Å²) < 4.78 is 13.5. The van der Waals surface area contributed by atoms with Crippen LogP contribution in [0.5, 0.6) is 0 Å². The summed E-state index contributed by atoms with van der Waals surface area (Å²) in [6.07, 6.45) is 0.482. The molecule has 0 saturated carbocycles. The molecule has 14 heavy (non-hydrogen) atoms. The summed E-state index contributed by atoms with van der Waals surface area (Å²) in [6, 6.07) is 0. The molecule has 1 heterocycles. The van der Waals surface area contributed by atoms with E-state index in [4.69, 9.17) is 11.5 Å². The zero-order valence-corrected chi connectivity index (χ0v) is 8.05. The molecule has 1 aromatic rings. The summed E-state index contributed by atoms with van der Waals surface area (Å²) in [5, 5.41) is 2.75. The molecule has 5 nitrogen and oxygen atoms in total. The van der Waals surface area contributed by atoms with Crippen LogP contribution in [0.1, 0.15) is 12.6 Å². The van der Waals surface area contributed by atoms with Gasteiger partial charge < -0.3 is 16.8 Å². The van der Waals surface area contributed by atoms with Crippen LogP contribution in [0, 0.1) is 5.82 Å². The Bertz CT molecular complexity index is 315. The first kappa shape index (κ1) is 10.6. The Hall–Kier alpha value is -1.43. The third-order valence-electron chi connectivity index (χ3n) is 1.71. The largest absolute Gasteiger partial charge is 0.368 e. The number of hydrogen-bond acceptors (Lipinski definition) is 5. The van der Waals surface area contributed by atoms with E-state index in [2.05, 4.69) is 15.3 Å². The van der Waals surface area contributed by atoms with Crippen LogP contribution in [0.25, 0.3) is 0 Å². The molecule has 0 amide bonds. The third kappa shape index (κ3) is 2.29. The molecule has 1 aromatic heterocycles. The van der Waals surface area contributed by atoms with Gasteiger partial charge in [0.05, 0.1) is 5.69 Å². The van der Waals surface area contributed by atoms with Gasteiger partial charge >= 0.3 is 0 Å². The SMILES string of the molecule is CCc1nc(N)nc(NCCN)c1F. The van der Waals surface area contributed by atoms with Crippen LogP contribution in [0.15, 0.2) is 0 Å². The number of halogens is 1. The standard InChI is InChI=1S/C8H14FN5/c1-2-5-6(9)7(12-4-3-10)14-8(11)13-5/h2-4,10H2,1H3,(H3,11,12,13,14). The van der Waals surface area contributed by atoms with Crippen LogP contribution in [0.2, 0.25) is 0 Å². The van der Waals surface area contributed by atoms with Gasteiger partial charge in [-0.25, -0.2) is 9.37 Å². The lowest BCUT2D eigenvalue weighted by molar-refractivity contribution is 0.598. The second kappa shape index (κ2) is 4.71. The summed E-state index contributed by atoms with van der Waals surface area (Å²) in [5.74, 6) is -0.252. The molecule has 0 aliphatic carbocycles. The molecular formula is C8H14FN5. The maximum absolute atomic E-state index is 13.5. The van der Waals surface area contributed by atoms with Crippen molar-refractivity contribution >= 4 is 11.8 Å². The second-order valence-corrected chi connectivity index (χ2v) is 2.76. The predicted octanol–water partition coefficient (Wildman–Crippen LogP) is 0.131. The number of hydrogen-bond donors (Lipinski definition) is 3. The van der Waals surface area contributed by atoms with Crippen molar-refractivity contribution in [3.63, 3.8) is 0 Å². The molecule has 0 aliphatic heterocycles. The highest BCUT2D eigenvalue weighted by atomic mass is 19.1. The fourth-order valence-electron chi connectivity index (χ4n) is 1.05. The minimum Gasteiger partial charge on any atom is -0.368 e. The van der Waals surface area contributed by atoms with Crippen molar-refractivity contribution in [1.29, 1.82) is 0 Å². The van der Waals surface area contributed by atoms with Crippen LogP contribution in [-0.4, -0.2) is 23.1 Å². The van der Waals surface area contributed by atoms with E-state index in [1.54, 1.807) is 6.92 Å². The lowest BCUT2D eigenvalue weighted by Crippen LogP contribution is -2.16. The fourth-order valence-corrected chi connectivity index (χ4v) is 1.05. The Morgan fingerprint density at radius 1 is 1.43 bits per heavy atom. The van der Waals surface area contributed by atoms with Gasteiger partial charge in [-0.2, -0.15) is 4.98 Å². The highest BCUT2D eigenvalue weighted by Gasteiger charge is 2.10. The molecular weight excluding hydrogens is 185 g/mol. The van der Waals surface area contributed by atoms with Crippen LogP contribution in [0.3, 0.4) is 0 Å². The molecule has 0 bridgehead atoms. The van der Waals surface area contributed by atoms with Gasteiger partial charge in [-0.3, -0.25) is 0 Å². The number of nitrogens with two attached hydrogens (primary N) is 2. The summed E-state index contributed by atoms with van der Waals surface area (Å²) in [7, 11) is 0. The van der Waals surface area contributed by atoms with Crippen molar-refractivity contribution < 1.29 is 4.39 Å². The summed E-state index contributed by atoms with van der Waals surface area (Å²) in [5.41, 5.74) is 11.0. The van der Waals surface area contributed by atoms with E-state index in [9.17, 15) is 4.39 Å². The van der Waals surface area contributed by atoms with E-state index in [0.29, 0.717) is 25.2 Å². The van der Waals surface area contributed by atoms with Crippen molar-refractivity contribution in [3.8, 4) is 0 Å². The number of aryl methyl sites for hydroxylation is 1. The monoisotopic (exact) mass is 199 g/mol. The zero-order chi connectivity index (χ0) is 10.6. The lowest BCUT2D eigenvalue weighted by Gasteiger charge is -2.08. The maximum Gasteiger partial charge on any atom is 0.222 e. The minimum absolute atomic E-state index is 0.0720. The summed E-state index contributed by atoms with van der Waals surface area (Å²) >= 11 is 0. The van der Waals surface area contributed by atoms with Crippen molar-refractivity contribution in [2.75, 3.05) is 24.1 Å². The molecule has 0 unspecified atom stereocenters. The Morgan fingerprint density at radius 3 is 2.71 bits per heavy atom. The van der Waals surface area contributed by atoms with Crippen molar-refractivity contribution in [2.24, 2.45) is 5.73 Å². The Morgan fingerprint density at radius 2 is 2.14 bits per heavy atom. The first-order valence-corrected chi connectivity index (χ1v) is 4.44. The number of aromatic nitrogens is 2. The van der Waals surface area contributed by atoms with Crippen LogP contribution >= 0.6 is 0 Å². The Kier molecular flexibility index (Phi) is 3.58. The molecule has 78 valence electrons. The van der Waals surface area contributed by atoms with Crippen molar-refractivity contribution in [1.82, 2.24) is 9.97 Å². The van der Waals surface area contributed by atoms with Gasteiger partial charge in [0.15, 0.2) is 11.6 Å². The highest BCUT2D eigenvalue weighted by Crippen LogP contribution is 2.15. The van der Waals surface area contributed by atoms with E-state index in [1.807, 2.05) is 0 Å². The topological polar surface area (TPSA) is 89.8 Å². The summed E-state index contributed by atoms with van der Waals surface area (Å²) in [6.45, 7) is 2.67. The number of anilines is 2. The smallest absolute Gasteiger partial charge is 0.222 e. The zero-order valence-electron chi connectivity index (χ0n) is 8.05. The number of rotatable bonds is 4. The van der Waals surface area contributed by atoms with Gasteiger partial charge in [-0.05, 0) is 6.42 Å². The van der Waals surface area contributed by atoms with Crippen LogP contribution in [0.4, 0.5) is 16.2 Å². The molecule has 0 saturated heterocycles. The van der Waals surface area contributed by atoms with Gasteiger partial charge in [-0.1, -0.05) is 6.92 Å². The van der Waals surface area contributed by atoms with Gasteiger partial charge in [0, 0.05) is 13.1 Å². The summed E-state index contributed by atoms with van der Waals surface area (Å²) in [4.78, 5) is 7.52. The molecule has 0 atom stereocenters. The number of nitrogens with one attached hydrogen (secondary N) is 1. The number of nitrogen functional groups attached to an aromatic ring is 1. The highest BCUT2D eigenvalue weighted by molar-refractivity contribution is 5.42. The van der Waals surface area contributed by atoms with E-state index in [-0.39, 0.29) is 11.8 Å². The van der Waals surface area contributed by atoms with E-state index >= 15 is 0 Å². The van der Waals surface area contributed by atoms with Crippen LogP contribution < -0.4 is 16.8 Å². The molecule has 0 fully saturated rings. The average molecular weight is 199 g/mol. The molecule has 0 aromatic carbocycles. The third-order valence-corrected chi connectivity index (χ3v) is 1.71. The fraction of sp³-hybridized carbons (Fsp3) is 0.500. The first-order valence-electron chi connectivity index (χ1n) is 4.44. The van der Waals surface area contributed by atoms with Gasteiger partial charge in [0.25, 0.3) is 0 Å². The van der Waals surface area contributed by atoms with Crippen molar-refractivity contribution in [2.45, 2.75) is 13.3 Å². The van der Waals surface area contributed by atoms with Crippen molar-refractivity contribution in [3.05, 3.63) is 11.5 Å². The molecule has 1 rings (SSSR count). The molecule has 0 spiro atoms. The maximum atomic E-state index is 13.5. The quantitative estimate of drug-likeness (QED) is 0.641. The van der Waals surface area contributed by atoms with Gasteiger partial charge in [0.2, 0.25) is 5.95 Å². The van der Waals surface area contributed by atoms with Gasteiger partial charge in [-0.15, -0.1) is 0 Å². The minimum atomic E-state index is -0.449. The number of nitrogens with zero attached hydrogens (tertiary/aromatic N) is 2. The van der Waals surface area contributed by atoms with E-state index in [1.165, 1.54) is 0 Å². The molecule has 0 radical (unpaired) electrons. The average Bonchev–Trinajstić information content (AvgIpc) is 2.18. The molecule has 6 heteroatoms. The molecule has 5 N–H and O–H groups in total. The molecule has 0 aliphatic rings.